The van der Waals surface area contributed by atoms with Crippen molar-refractivity contribution in [3.8, 4) is 0 Å². The SMILES string of the molecule is Cc1ccc(C)c(S(=O)(=O)N2CCC3(CCN(C(=O)NC(C)c4cccc5ccccc45)C3)CC2)c1. The predicted molar refractivity (Wildman–Crippen MR) is 143 cm³/mol. The zero-order valence-corrected chi connectivity index (χ0v) is 22.1. The number of fused-ring (bicyclic) bond motifs is 1. The van der Waals surface area contributed by atoms with E-state index in [4.69, 9.17) is 0 Å². The molecule has 3 aromatic carbocycles. The highest BCUT2D eigenvalue weighted by atomic mass is 32.2. The van der Waals surface area contributed by atoms with Crippen molar-refractivity contribution in [2.75, 3.05) is 26.2 Å². The van der Waals surface area contributed by atoms with Crippen LogP contribution in [0.4, 0.5) is 4.79 Å². The smallest absolute Gasteiger partial charge is 0.317 e. The summed E-state index contributed by atoms with van der Waals surface area (Å²) in [7, 11) is -3.52. The van der Waals surface area contributed by atoms with E-state index in [0.29, 0.717) is 31.1 Å². The maximum Gasteiger partial charge on any atom is 0.317 e. The Morgan fingerprint density at radius 3 is 2.42 bits per heavy atom. The molecule has 3 aromatic rings. The molecule has 36 heavy (non-hydrogen) atoms. The molecule has 2 aliphatic heterocycles. The highest BCUT2D eigenvalue weighted by molar-refractivity contribution is 7.89. The molecule has 2 heterocycles. The van der Waals surface area contributed by atoms with Gasteiger partial charge in [0, 0.05) is 26.2 Å². The monoisotopic (exact) mass is 505 g/mol. The number of sulfonamides is 1. The van der Waals surface area contributed by atoms with Crippen molar-refractivity contribution in [1.82, 2.24) is 14.5 Å². The van der Waals surface area contributed by atoms with Crippen molar-refractivity contribution in [2.45, 2.75) is 51.0 Å². The second-order valence-corrected chi connectivity index (χ2v) is 12.5. The largest absolute Gasteiger partial charge is 0.331 e. The van der Waals surface area contributed by atoms with Gasteiger partial charge in [0.25, 0.3) is 0 Å². The number of hydrogen-bond donors (Lipinski definition) is 1. The van der Waals surface area contributed by atoms with Gasteiger partial charge in [0.05, 0.1) is 10.9 Å². The van der Waals surface area contributed by atoms with Crippen LogP contribution in [0.5, 0.6) is 0 Å². The fraction of sp³-hybridized carbons (Fsp3) is 0.414. The molecule has 1 atom stereocenters. The minimum atomic E-state index is -3.52. The zero-order valence-electron chi connectivity index (χ0n) is 21.3. The molecular formula is C29H35N3O3S. The van der Waals surface area contributed by atoms with Gasteiger partial charge in [-0.25, -0.2) is 13.2 Å². The number of aryl methyl sites for hydroxylation is 2. The Balaban J connectivity index is 1.22. The summed E-state index contributed by atoms with van der Waals surface area (Å²) >= 11 is 0. The highest BCUT2D eigenvalue weighted by Crippen LogP contribution is 2.42. The Morgan fingerprint density at radius 1 is 0.944 bits per heavy atom. The minimum absolute atomic E-state index is 0.00626. The Kier molecular flexibility index (Phi) is 6.55. The number of benzene rings is 3. The molecule has 0 bridgehead atoms. The van der Waals surface area contributed by atoms with Crippen LogP contribution in [-0.4, -0.2) is 49.8 Å². The van der Waals surface area contributed by atoms with Crippen molar-refractivity contribution in [2.24, 2.45) is 5.41 Å². The fourth-order valence-corrected chi connectivity index (χ4v) is 7.58. The van der Waals surface area contributed by atoms with Gasteiger partial charge in [0.2, 0.25) is 10.0 Å². The lowest BCUT2D eigenvalue weighted by molar-refractivity contribution is 0.154. The maximum atomic E-state index is 13.3. The molecule has 0 aromatic heterocycles. The summed E-state index contributed by atoms with van der Waals surface area (Å²) in [6, 6.07) is 19.9. The summed E-state index contributed by atoms with van der Waals surface area (Å²) < 4.78 is 28.3. The van der Waals surface area contributed by atoms with E-state index in [1.807, 2.05) is 56.0 Å². The molecule has 1 spiro atoms. The average Bonchev–Trinajstić information content (AvgIpc) is 3.28. The van der Waals surface area contributed by atoms with E-state index in [1.54, 1.807) is 10.4 Å². The molecular weight excluding hydrogens is 470 g/mol. The number of carbonyl (C=O) groups is 1. The molecule has 190 valence electrons. The maximum absolute atomic E-state index is 13.3. The lowest BCUT2D eigenvalue weighted by Gasteiger charge is -2.38. The van der Waals surface area contributed by atoms with Gasteiger partial charge >= 0.3 is 6.03 Å². The average molecular weight is 506 g/mol. The van der Waals surface area contributed by atoms with Crippen molar-refractivity contribution in [3.05, 3.63) is 77.4 Å². The molecule has 0 aliphatic carbocycles. The second-order valence-electron chi connectivity index (χ2n) is 10.6. The molecule has 1 unspecified atom stereocenters. The van der Waals surface area contributed by atoms with E-state index in [2.05, 4.69) is 29.6 Å². The van der Waals surface area contributed by atoms with Crippen LogP contribution in [0.25, 0.3) is 10.8 Å². The zero-order chi connectivity index (χ0) is 25.5. The number of nitrogens with zero attached hydrogens (tertiary/aromatic N) is 2. The van der Waals surface area contributed by atoms with Crippen molar-refractivity contribution < 1.29 is 13.2 Å². The number of likely N-dealkylation sites (tertiary alicyclic amines) is 1. The van der Waals surface area contributed by atoms with Crippen molar-refractivity contribution >= 4 is 26.8 Å². The first kappa shape index (κ1) is 24.8. The molecule has 2 fully saturated rings. The van der Waals surface area contributed by atoms with E-state index in [1.165, 1.54) is 5.39 Å². The molecule has 5 rings (SSSR count). The number of hydrogen-bond acceptors (Lipinski definition) is 3. The third-order valence-corrected chi connectivity index (χ3v) is 10.1. The summed E-state index contributed by atoms with van der Waals surface area (Å²) in [4.78, 5) is 15.5. The highest BCUT2D eigenvalue weighted by Gasteiger charge is 2.44. The minimum Gasteiger partial charge on any atom is -0.331 e. The van der Waals surface area contributed by atoms with Gasteiger partial charge in [0.15, 0.2) is 0 Å². The summed E-state index contributed by atoms with van der Waals surface area (Å²) in [5.74, 6) is 0. The summed E-state index contributed by atoms with van der Waals surface area (Å²) in [5.41, 5.74) is 2.83. The molecule has 1 N–H and O–H groups in total. The van der Waals surface area contributed by atoms with Gasteiger partial charge in [-0.2, -0.15) is 4.31 Å². The number of carbonyl (C=O) groups excluding carboxylic acids is 1. The van der Waals surface area contributed by atoms with Gasteiger partial charge in [-0.15, -0.1) is 0 Å². The van der Waals surface area contributed by atoms with Gasteiger partial charge < -0.3 is 10.2 Å². The number of amides is 2. The lowest BCUT2D eigenvalue weighted by atomic mass is 9.78. The Labute approximate surface area is 214 Å². The first-order valence-corrected chi connectivity index (χ1v) is 14.2. The summed E-state index contributed by atoms with van der Waals surface area (Å²) in [5, 5.41) is 5.52. The lowest BCUT2D eigenvalue weighted by Crippen LogP contribution is -2.46. The third kappa shape index (κ3) is 4.62. The van der Waals surface area contributed by atoms with Crippen LogP contribution in [0.3, 0.4) is 0 Å². The topological polar surface area (TPSA) is 69.7 Å². The molecule has 7 heteroatoms. The molecule has 2 amide bonds. The quantitative estimate of drug-likeness (QED) is 0.516. The summed E-state index contributed by atoms with van der Waals surface area (Å²) in [6.45, 7) is 8.18. The second kappa shape index (κ2) is 9.52. The van der Waals surface area contributed by atoms with Gasteiger partial charge in [-0.1, -0.05) is 54.6 Å². The first-order valence-electron chi connectivity index (χ1n) is 12.8. The van der Waals surface area contributed by atoms with Crippen molar-refractivity contribution in [1.29, 1.82) is 0 Å². The van der Waals surface area contributed by atoms with Gasteiger partial charge in [-0.3, -0.25) is 0 Å². The molecule has 0 radical (unpaired) electrons. The van der Waals surface area contributed by atoms with Crippen LogP contribution in [0.1, 0.15) is 48.9 Å². The van der Waals surface area contributed by atoms with Gasteiger partial charge in [-0.05, 0) is 79.0 Å². The number of nitrogens with one attached hydrogen (secondary N) is 1. The molecule has 6 nitrogen and oxygen atoms in total. The van der Waals surface area contributed by atoms with Crippen LogP contribution in [0, 0.1) is 19.3 Å². The van der Waals surface area contributed by atoms with E-state index >= 15 is 0 Å². The van der Waals surface area contributed by atoms with Crippen LogP contribution < -0.4 is 5.32 Å². The Hall–Kier alpha value is -2.90. The molecule has 2 aliphatic rings. The normalized spacial score (nSPS) is 19.0. The van der Waals surface area contributed by atoms with Crippen molar-refractivity contribution in [3.63, 3.8) is 0 Å². The number of piperidine rings is 1. The standard InChI is InChI=1S/C29H35N3O3S/c1-21-11-12-22(2)27(19-21)36(34,35)32-17-14-29(15-18-32)13-16-31(20-29)28(33)30-23(3)25-10-6-8-24-7-4-5-9-26(24)25/h4-12,19,23H,13-18,20H2,1-3H3,(H,30,33). The number of urea groups is 1. The van der Waals surface area contributed by atoms with E-state index < -0.39 is 10.0 Å². The van der Waals surface area contributed by atoms with Gasteiger partial charge in [0.1, 0.15) is 0 Å². The first-order chi connectivity index (χ1) is 17.2. The fourth-order valence-electron chi connectivity index (χ4n) is 5.82. The van der Waals surface area contributed by atoms with E-state index in [9.17, 15) is 13.2 Å². The van der Waals surface area contributed by atoms with Crippen LogP contribution >= 0.6 is 0 Å². The van der Waals surface area contributed by atoms with Crippen LogP contribution in [0.2, 0.25) is 0 Å². The summed E-state index contributed by atoms with van der Waals surface area (Å²) in [6.07, 6.45) is 2.47. The van der Waals surface area contributed by atoms with Crippen LogP contribution in [0.15, 0.2) is 65.6 Å². The predicted octanol–water partition coefficient (Wildman–Crippen LogP) is 5.40. The van der Waals surface area contributed by atoms with Crippen LogP contribution in [-0.2, 0) is 10.0 Å². The molecule has 0 saturated carbocycles. The number of rotatable bonds is 4. The third-order valence-electron chi connectivity index (χ3n) is 8.10. The molecule has 2 saturated heterocycles. The van der Waals surface area contributed by atoms with E-state index in [0.717, 1.165) is 41.3 Å². The Bertz CT molecular complexity index is 1390. The Morgan fingerprint density at radius 2 is 1.64 bits per heavy atom. The van der Waals surface area contributed by atoms with E-state index in [-0.39, 0.29) is 17.5 Å².